The lowest BCUT2D eigenvalue weighted by atomic mass is 10.3. The quantitative estimate of drug-likeness (QED) is 0.773. The van der Waals surface area contributed by atoms with Crippen LogP contribution in [0.5, 0.6) is 5.75 Å². The van der Waals surface area contributed by atoms with Gasteiger partial charge in [-0.2, -0.15) is 0 Å². The summed E-state index contributed by atoms with van der Waals surface area (Å²) < 4.78 is 5.03. The van der Waals surface area contributed by atoms with Gasteiger partial charge in [0.15, 0.2) is 0 Å². The van der Waals surface area contributed by atoms with E-state index in [0.717, 1.165) is 5.06 Å². The van der Waals surface area contributed by atoms with Gasteiger partial charge >= 0.3 is 6.03 Å². The largest absolute Gasteiger partial charge is 0.497 e. The number of urea groups is 1. The second kappa shape index (κ2) is 5.21. The number of anilines is 1. The van der Waals surface area contributed by atoms with Crippen LogP contribution in [0.4, 0.5) is 10.5 Å². The molecule has 0 bridgehead atoms. The summed E-state index contributed by atoms with van der Waals surface area (Å²) in [6.45, 7) is 0. The smallest absolute Gasteiger partial charge is 0.345 e. The summed E-state index contributed by atoms with van der Waals surface area (Å²) in [5.74, 6) is 0.688. The molecule has 0 heterocycles. The van der Waals surface area contributed by atoms with Gasteiger partial charge in [0.25, 0.3) is 0 Å². The van der Waals surface area contributed by atoms with Crippen molar-refractivity contribution in [1.29, 1.82) is 0 Å². The molecule has 1 aromatic carbocycles. The number of benzene rings is 1. The van der Waals surface area contributed by atoms with Crippen LogP contribution < -0.4 is 10.1 Å². The monoisotopic (exact) mass is 210 g/mol. The highest BCUT2D eigenvalue weighted by molar-refractivity contribution is 5.88. The minimum Gasteiger partial charge on any atom is -0.497 e. The predicted octanol–water partition coefficient (Wildman–Crippen LogP) is 1.72. The van der Waals surface area contributed by atoms with Gasteiger partial charge in [0, 0.05) is 18.8 Å². The average Bonchev–Trinajstić information content (AvgIpc) is 2.28. The molecule has 0 aliphatic carbocycles. The number of nitrogens with one attached hydrogen (secondary N) is 1. The molecule has 0 radical (unpaired) electrons. The molecule has 5 nitrogen and oxygen atoms in total. The van der Waals surface area contributed by atoms with Crippen molar-refractivity contribution in [2.45, 2.75) is 0 Å². The molecule has 0 atom stereocenters. The van der Waals surface area contributed by atoms with Crippen LogP contribution in [-0.4, -0.2) is 32.4 Å². The van der Waals surface area contributed by atoms with Crippen LogP contribution in [-0.2, 0) is 4.84 Å². The molecule has 2 amide bonds. The van der Waals surface area contributed by atoms with E-state index < -0.39 is 0 Å². The van der Waals surface area contributed by atoms with Gasteiger partial charge in [-0.1, -0.05) is 6.07 Å². The van der Waals surface area contributed by atoms with Crippen molar-refractivity contribution in [2.24, 2.45) is 0 Å². The standard InChI is InChI=1S/C10H14N2O3/c1-12(15-3)10(13)11-8-5-4-6-9(7-8)14-2/h4-7H,1-3H3,(H,11,13). The van der Waals surface area contributed by atoms with Gasteiger partial charge in [0.2, 0.25) is 0 Å². The number of methoxy groups -OCH3 is 1. The van der Waals surface area contributed by atoms with Crippen molar-refractivity contribution in [3.05, 3.63) is 24.3 Å². The van der Waals surface area contributed by atoms with E-state index in [4.69, 9.17) is 9.57 Å². The number of hydrogen-bond donors (Lipinski definition) is 1. The van der Waals surface area contributed by atoms with Crippen LogP contribution in [0.2, 0.25) is 0 Å². The van der Waals surface area contributed by atoms with Gasteiger partial charge < -0.3 is 10.1 Å². The highest BCUT2D eigenvalue weighted by Crippen LogP contribution is 2.16. The molecule has 0 spiro atoms. The summed E-state index contributed by atoms with van der Waals surface area (Å²) in [5.41, 5.74) is 0.656. The summed E-state index contributed by atoms with van der Waals surface area (Å²) in [6.07, 6.45) is 0. The molecule has 1 aromatic rings. The molecular weight excluding hydrogens is 196 g/mol. The topological polar surface area (TPSA) is 50.8 Å². The Kier molecular flexibility index (Phi) is 3.93. The second-order valence-electron chi connectivity index (χ2n) is 2.84. The number of hydrogen-bond acceptors (Lipinski definition) is 3. The Labute approximate surface area is 88.5 Å². The third kappa shape index (κ3) is 3.14. The predicted molar refractivity (Wildman–Crippen MR) is 56.8 cm³/mol. The van der Waals surface area contributed by atoms with Crippen LogP contribution in [0.3, 0.4) is 0 Å². The van der Waals surface area contributed by atoms with E-state index in [-0.39, 0.29) is 6.03 Å². The molecule has 5 heteroatoms. The van der Waals surface area contributed by atoms with E-state index in [1.807, 2.05) is 0 Å². The minimum absolute atomic E-state index is 0.342. The zero-order chi connectivity index (χ0) is 11.3. The first-order chi connectivity index (χ1) is 7.17. The third-order valence-electron chi connectivity index (χ3n) is 1.88. The minimum atomic E-state index is -0.342. The van der Waals surface area contributed by atoms with Crippen molar-refractivity contribution >= 4 is 11.7 Å². The maximum atomic E-state index is 11.4. The van der Waals surface area contributed by atoms with E-state index in [9.17, 15) is 4.79 Å². The number of nitrogens with zero attached hydrogens (tertiary/aromatic N) is 1. The summed E-state index contributed by atoms with van der Waals surface area (Å²) in [7, 11) is 4.52. The molecule has 0 saturated carbocycles. The normalized spacial score (nSPS) is 9.53. The van der Waals surface area contributed by atoms with E-state index >= 15 is 0 Å². The Hall–Kier alpha value is -1.75. The SMILES string of the molecule is COc1cccc(NC(=O)N(C)OC)c1. The number of ether oxygens (including phenoxy) is 1. The van der Waals surface area contributed by atoms with Gasteiger partial charge in [0.05, 0.1) is 14.2 Å². The highest BCUT2D eigenvalue weighted by atomic mass is 16.7. The number of carbonyl (C=O) groups excluding carboxylic acids is 1. The number of hydroxylamine groups is 2. The summed E-state index contributed by atoms with van der Waals surface area (Å²) in [6, 6.07) is 6.74. The van der Waals surface area contributed by atoms with Crippen LogP contribution in [0.1, 0.15) is 0 Å². The lowest BCUT2D eigenvalue weighted by molar-refractivity contribution is -0.0598. The molecule has 0 unspecified atom stereocenters. The summed E-state index contributed by atoms with van der Waals surface area (Å²) in [5, 5.41) is 3.75. The van der Waals surface area contributed by atoms with Crippen LogP contribution in [0.15, 0.2) is 24.3 Å². The Balaban J connectivity index is 2.68. The third-order valence-corrected chi connectivity index (χ3v) is 1.88. The van der Waals surface area contributed by atoms with E-state index in [1.165, 1.54) is 14.2 Å². The van der Waals surface area contributed by atoms with Crippen molar-refractivity contribution in [3.8, 4) is 5.75 Å². The van der Waals surface area contributed by atoms with E-state index in [0.29, 0.717) is 11.4 Å². The van der Waals surface area contributed by atoms with Gasteiger partial charge in [-0.05, 0) is 12.1 Å². The fourth-order valence-corrected chi connectivity index (χ4v) is 0.986. The van der Waals surface area contributed by atoms with Crippen molar-refractivity contribution in [3.63, 3.8) is 0 Å². The Bertz CT molecular complexity index is 341. The first-order valence-corrected chi connectivity index (χ1v) is 4.40. The van der Waals surface area contributed by atoms with Crippen molar-refractivity contribution in [1.82, 2.24) is 5.06 Å². The maximum absolute atomic E-state index is 11.4. The number of rotatable bonds is 3. The molecule has 0 aliphatic heterocycles. The Morgan fingerprint density at radius 2 is 2.13 bits per heavy atom. The fourth-order valence-electron chi connectivity index (χ4n) is 0.986. The number of carbonyl (C=O) groups is 1. The molecule has 1 rings (SSSR count). The summed E-state index contributed by atoms with van der Waals surface area (Å²) in [4.78, 5) is 16.1. The molecule has 15 heavy (non-hydrogen) atoms. The van der Waals surface area contributed by atoms with Crippen molar-refractivity contribution in [2.75, 3.05) is 26.6 Å². The Morgan fingerprint density at radius 3 is 2.73 bits per heavy atom. The summed E-state index contributed by atoms with van der Waals surface area (Å²) >= 11 is 0. The van der Waals surface area contributed by atoms with Crippen LogP contribution in [0.25, 0.3) is 0 Å². The molecule has 0 aliphatic rings. The second-order valence-corrected chi connectivity index (χ2v) is 2.84. The first kappa shape index (κ1) is 11.3. The first-order valence-electron chi connectivity index (χ1n) is 4.40. The average molecular weight is 210 g/mol. The lowest BCUT2D eigenvalue weighted by Crippen LogP contribution is -2.30. The number of amides is 2. The highest BCUT2D eigenvalue weighted by Gasteiger charge is 2.07. The van der Waals surface area contributed by atoms with Gasteiger partial charge in [0.1, 0.15) is 5.75 Å². The van der Waals surface area contributed by atoms with Gasteiger partial charge in [-0.25, -0.2) is 9.86 Å². The fraction of sp³-hybridized carbons (Fsp3) is 0.300. The maximum Gasteiger partial charge on any atom is 0.345 e. The van der Waals surface area contributed by atoms with Gasteiger partial charge in [-0.15, -0.1) is 0 Å². The molecule has 0 fully saturated rings. The van der Waals surface area contributed by atoms with Crippen LogP contribution in [0, 0.1) is 0 Å². The van der Waals surface area contributed by atoms with E-state index in [1.54, 1.807) is 31.4 Å². The van der Waals surface area contributed by atoms with Gasteiger partial charge in [-0.3, -0.25) is 4.84 Å². The zero-order valence-electron chi connectivity index (χ0n) is 8.98. The lowest BCUT2D eigenvalue weighted by Gasteiger charge is -2.14. The molecule has 0 saturated heterocycles. The molecule has 82 valence electrons. The molecule has 1 N–H and O–H groups in total. The molecule has 0 aromatic heterocycles. The van der Waals surface area contributed by atoms with E-state index in [2.05, 4.69) is 5.32 Å². The molecular formula is C10H14N2O3. The van der Waals surface area contributed by atoms with Crippen molar-refractivity contribution < 1.29 is 14.4 Å². The van der Waals surface area contributed by atoms with Crippen LogP contribution >= 0.6 is 0 Å². The Morgan fingerprint density at radius 1 is 1.40 bits per heavy atom. The zero-order valence-corrected chi connectivity index (χ0v) is 8.98.